The van der Waals surface area contributed by atoms with Gasteiger partial charge in [0.05, 0.1) is 5.30 Å². The van der Waals surface area contributed by atoms with E-state index in [1.165, 1.54) is 11.1 Å². The molecule has 36 heavy (non-hydrogen) atoms. The van der Waals surface area contributed by atoms with Crippen molar-refractivity contribution in [3.8, 4) is 11.5 Å². The summed E-state index contributed by atoms with van der Waals surface area (Å²) in [6.45, 7) is 0. The van der Waals surface area contributed by atoms with Crippen LogP contribution in [-0.2, 0) is 17.4 Å². The lowest BCUT2D eigenvalue weighted by Gasteiger charge is -2.20. The van der Waals surface area contributed by atoms with Crippen LogP contribution >= 0.6 is 7.60 Å². The van der Waals surface area contributed by atoms with Crippen molar-refractivity contribution >= 4 is 12.9 Å². The van der Waals surface area contributed by atoms with Crippen LogP contribution < -0.4 is 14.4 Å². The van der Waals surface area contributed by atoms with Gasteiger partial charge in [0.15, 0.2) is 0 Å². The highest BCUT2D eigenvalue weighted by Crippen LogP contribution is 2.47. The Morgan fingerprint density at radius 1 is 0.417 bits per heavy atom. The second kappa shape index (κ2) is 11.1. The van der Waals surface area contributed by atoms with Gasteiger partial charge in [-0.15, -0.1) is 0 Å². The minimum absolute atomic E-state index is 0.500. The molecular formula is C32H27O3P. The zero-order valence-corrected chi connectivity index (χ0v) is 20.8. The second-order valence-corrected chi connectivity index (χ2v) is 10.5. The van der Waals surface area contributed by atoms with E-state index >= 15 is 0 Å². The van der Waals surface area contributed by atoms with Gasteiger partial charge in [0, 0.05) is 0 Å². The molecule has 0 aromatic heterocycles. The molecule has 3 nitrogen and oxygen atoms in total. The molecule has 0 fully saturated rings. The molecule has 0 aliphatic carbocycles. The maximum absolute atomic E-state index is 14.1. The minimum Gasteiger partial charge on any atom is -0.413 e. The topological polar surface area (TPSA) is 35.5 Å². The summed E-state index contributed by atoms with van der Waals surface area (Å²) in [5.74, 6) is 0.999. The van der Waals surface area contributed by atoms with Crippen molar-refractivity contribution in [2.45, 2.75) is 12.8 Å². The van der Waals surface area contributed by atoms with Crippen LogP contribution in [0.15, 0.2) is 140 Å². The molecule has 0 saturated heterocycles. The van der Waals surface area contributed by atoms with Crippen LogP contribution in [0, 0.1) is 0 Å². The Kier molecular flexibility index (Phi) is 7.30. The minimum atomic E-state index is -3.68. The van der Waals surface area contributed by atoms with Crippen molar-refractivity contribution in [2.24, 2.45) is 0 Å². The molecule has 0 saturated carbocycles. The molecule has 0 heterocycles. The van der Waals surface area contributed by atoms with E-state index in [-0.39, 0.29) is 0 Å². The Labute approximate surface area is 212 Å². The van der Waals surface area contributed by atoms with Crippen molar-refractivity contribution in [1.82, 2.24) is 0 Å². The molecule has 5 rings (SSSR count). The third-order valence-electron chi connectivity index (χ3n) is 5.87. The maximum Gasteiger partial charge on any atom is 0.462 e. The van der Waals surface area contributed by atoms with Crippen LogP contribution in [0.25, 0.3) is 0 Å². The van der Waals surface area contributed by atoms with Gasteiger partial charge in [-0.2, -0.15) is 0 Å². The molecular weight excluding hydrogens is 463 g/mol. The van der Waals surface area contributed by atoms with Crippen molar-refractivity contribution in [1.29, 1.82) is 0 Å². The lowest BCUT2D eigenvalue weighted by atomic mass is 10.1. The monoisotopic (exact) mass is 490 g/mol. The lowest BCUT2D eigenvalue weighted by Crippen LogP contribution is -2.14. The van der Waals surface area contributed by atoms with Gasteiger partial charge >= 0.3 is 7.60 Å². The first-order valence-corrected chi connectivity index (χ1v) is 13.5. The van der Waals surface area contributed by atoms with Crippen LogP contribution in [0.4, 0.5) is 0 Å². The van der Waals surface area contributed by atoms with E-state index in [2.05, 4.69) is 24.3 Å². The molecule has 0 N–H and O–H groups in total. The third-order valence-corrected chi connectivity index (χ3v) is 7.71. The van der Waals surface area contributed by atoms with E-state index in [0.717, 1.165) is 24.0 Å². The average molecular weight is 491 g/mol. The summed E-state index contributed by atoms with van der Waals surface area (Å²) >= 11 is 0. The molecule has 5 aromatic rings. The second-order valence-electron chi connectivity index (χ2n) is 8.63. The molecule has 0 bridgehead atoms. The maximum atomic E-state index is 14.1. The summed E-state index contributed by atoms with van der Waals surface area (Å²) in [6, 6.07) is 45.1. The van der Waals surface area contributed by atoms with Gasteiger partial charge in [0.2, 0.25) is 0 Å². The predicted octanol–water partition coefficient (Wildman–Crippen LogP) is 7.84. The summed E-state index contributed by atoms with van der Waals surface area (Å²) in [5, 5.41) is 0.506. The number of hydrogen-bond donors (Lipinski definition) is 0. The van der Waals surface area contributed by atoms with Crippen LogP contribution in [0.1, 0.15) is 22.3 Å². The number of rotatable bonds is 9. The van der Waals surface area contributed by atoms with E-state index in [1.807, 2.05) is 103 Å². The molecule has 0 aliphatic rings. The van der Waals surface area contributed by atoms with Crippen molar-refractivity contribution in [3.05, 3.63) is 162 Å². The van der Waals surface area contributed by atoms with Crippen molar-refractivity contribution in [3.63, 3.8) is 0 Å². The van der Waals surface area contributed by atoms with Gasteiger partial charge in [0.25, 0.3) is 0 Å². The van der Waals surface area contributed by atoms with E-state index in [4.69, 9.17) is 9.05 Å². The van der Waals surface area contributed by atoms with E-state index in [1.54, 1.807) is 12.1 Å². The fraction of sp³-hybridized carbons (Fsp3) is 0.0625. The Morgan fingerprint density at radius 3 is 1.14 bits per heavy atom. The fourth-order valence-corrected chi connectivity index (χ4v) is 5.60. The van der Waals surface area contributed by atoms with Crippen LogP contribution in [-0.4, -0.2) is 0 Å². The zero-order chi connectivity index (χ0) is 24.6. The van der Waals surface area contributed by atoms with E-state index < -0.39 is 7.60 Å². The quantitative estimate of drug-likeness (QED) is 0.197. The van der Waals surface area contributed by atoms with Crippen LogP contribution in [0.2, 0.25) is 0 Å². The van der Waals surface area contributed by atoms with Gasteiger partial charge in [-0.25, -0.2) is 4.57 Å². The molecule has 0 unspecified atom stereocenters. The van der Waals surface area contributed by atoms with Crippen LogP contribution in [0.5, 0.6) is 11.5 Å². The molecule has 0 amide bonds. The summed E-state index contributed by atoms with van der Waals surface area (Å²) in [5.41, 5.74) is 4.77. The van der Waals surface area contributed by atoms with E-state index in [9.17, 15) is 4.57 Å². The first kappa shape index (κ1) is 23.7. The average Bonchev–Trinajstić information content (AvgIpc) is 2.93. The molecule has 0 spiro atoms. The Bertz CT molecular complexity index is 1330. The third kappa shape index (κ3) is 6.13. The van der Waals surface area contributed by atoms with Crippen LogP contribution in [0.3, 0.4) is 0 Å². The molecule has 0 radical (unpaired) electrons. The summed E-state index contributed by atoms with van der Waals surface area (Å²) in [7, 11) is -3.68. The number of hydrogen-bond acceptors (Lipinski definition) is 3. The Hall–Kier alpha value is -4.07. The van der Waals surface area contributed by atoms with Gasteiger partial charge in [-0.1, -0.05) is 103 Å². The largest absolute Gasteiger partial charge is 0.462 e. The SMILES string of the molecule is O=P(Oc1ccc(Cc2ccccc2)cc1)(Oc1ccc(Cc2ccccc2)cc1)c1ccccc1. The van der Waals surface area contributed by atoms with Gasteiger partial charge in [-0.05, 0) is 71.5 Å². The highest BCUT2D eigenvalue weighted by molar-refractivity contribution is 7.63. The molecule has 0 atom stereocenters. The summed E-state index contributed by atoms with van der Waals surface area (Å²) < 4.78 is 26.2. The Balaban J connectivity index is 1.33. The zero-order valence-electron chi connectivity index (χ0n) is 19.9. The van der Waals surface area contributed by atoms with Gasteiger partial charge in [0.1, 0.15) is 11.5 Å². The summed E-state index contributed by atoms with van der Waals surface area (Å²) in [6.07, 6.45) is 1.65. The van der Waals surface area contributed by atoms with E-state index in [0.29, 0.717) is 16.8 Å². The fourth-order valence-electron chi connectivity index (χ4n) is 4.01. The lowest BCUT2D eigenvalue weighted by molar-refractivity contribution is 0.399. The first-order valence-electron chi connectivity index (χ1n) is 12.0. The smallest absolute Gasteiger partial charge is 0.413 e. The van der Waals surface area contributed by atoms with Gasteiger partial charge < -0.3 is 9.05 Å². The Morgan fingerprint density at radius 2 is 0.750 bits per heavy atom. The van der Waals surface area contributed by atoms with Gasteiger partial charge in [-0.3, -0.25) is 0 Å². The molecule has 4 heteroatoms. The standard InChI is InChI=1S/C32H27O3P/c33-36(32-14-8-3-9-15-32,34-30-20-16-28(17-21-30)24-26-10-4-1-5-11-26)35-31-22-18-29(19-23-31)25-27-12-6-2-7-13-27/h1-23H,24-25H2. The molecule has 0 aliphatic heterocycles. The molecule has 178 valence electrons. The highest BCUT2D eigenvalue weighted by Gasteiger charge is 2.31. The highest BCUT2D eigenvalue weighted by atomic mass is 31.2. The predicted molar refractivity (Wildman–Crippen MR) is 146 cm³/mol. The van der Waals surface area contributed by atoms with Crippen molar-refractivity contribution < 1.29 is 13.6 Å². The first-order chi connectivity index (χ1) is 17.7. The number of benzene rings is 5. The summed E-state index contributed by atoms with van der Waals surface area (Å²) in [4.78, 5) is 0. The molecule has 5 aromatic carbocycles. The van der Waals surface area contributed by atoms with Crippen molar-refractivity contribution in [2.75, 3.05) is 0 Å². The normalized spacial score (nSPS) is 11.1.